The quantitative estimate of drug-likeness (QED) is 0.710. The molecule has 6 heteroatoms. The minimum atomic E-state index is 0.0159. The van der Waals surface area contributed by atoms with Gasteiger partial charge in [0.2, 0.25) is 5.91 Å². The number of nitrogens with zero attached hydrogens (tertiary/aromatic N) is 4. The maximum Gasteiger partial charge on any atom is 0.252 e. The van der Waals surface area contributed by atoms with Crippen LogP contribution in [0.1, 0.15) is 0 Å². The Kier molecular flexibility index (Phi) is 2.07. The van der Waals surface area contributed by atoms with Crippen molar-refractivity contribution >= 4 is 17.5 Å². The van der Waals surface area contributed by atoms with Gasteiger partial charge in [-0.1, -0.05) is 6.07 Å². The third-order valence-corrected chi connectivity index (χ3v) is 2.56. The molecule has 3 heterocycles. The summed E-state index contributed by atoms with van der Waals surface area (Å²) < 4.78 is 1.67. The number of carbonyl (C=O) groups excluding carboxylic acids is 1. The molecule has 0 spiro atoms. The smallest absolute Gasteiger partial charge is 0.252 e. The lowest BCUT2D eigenvalue weighted by molar-refractivity contribution is -0.118. The second-order valence-corrected chi connectivity index (χ2v) is 3.64. The van der Waals surface area contributed by atoms with Gasteiger partial charge in [0.25, 0.3) is 5.95 Å². The van der Waals surface area contributed by atoms with E-state index in [1.54, 1.807) is 9.42 Å². The molecule has 0 aliphatic carbocycles. The molecule has 2 aromatic rings. The average molecular weight is 217 g/mol. The summed E-state index contributed by atoms with van der Waals surface area (Å²) in [5.41, 5.74) is 0.754. The molecule has 0 bridgehead atoms. The van der Waals surface area contributed by atoms with Gasteiger partial charge in [0.1, 0.15) is 0 Å². The summed E-state index contributed by atoms with van der Waals surface area (Å²) in [7, 11) is 0. The van der Waals surface area contributed by atoms with Gasteiger partial charge in [0.15, 0.2) is 5.65 Å². The van der Waals surface area contributed by atoms with E-state index < -0.39 is 0 Å². The number of pyridine rings is 1. The number of amides is 1. The van der Waals surface area contributed by atoms with E-state index in [0.29, 0.717) is 19.0 Å². The van der Waals surface area contributed by atoms with Crippen LogP contribution in [0.5, 0.6) is 0 Å². The van der Waals surface area contributed by atoms with Crippen LogP contribution >= 0.6 is 0 Å². The zero-order valence-corrected chi connectivity index (χ0v) is 8.63. The van der Waals surface area contributed by atoms with Crippen LogP contribution in [0.3, 0.4) is 0 Å². The highest BCUT2D eigenvalue weighted by Gasteiger charge is 2.22. The van der Waals surface area contributed by atoms with Crippen molar-refractivity contribution in [2.24, 2.45) is 0 Å². The van der Waals surface area contributed by atoms with E-state index in [-0.39, 0.29) is 5.91 Å². The Hall–Kier alpha value is -1.95. The Morgan fingerprint density at radius 1 is 1.38 bits per heavy atom. The lowest BCUT2D eigenvalue weighted by Gasteiger charge is -2.23. The van der Waals surface area contributed by atoms with Crippen molar-refractivity contribution in [2.45, 2.75) is 0 Å². The van der Waals surface area contributed by atoms with Crippen LogP contribution in [-0.4, -0.2) is 40.1 Å². The molecule has 0 radical (unpaired) electrons. The molecule has 0 unspecified atom stereocenters. The summed E-state index contributed by atoms with van der Waals surface area (Å²) in [5, 5.41) is 7.28. The van der Waals surface area contributed by atoms with E-state index in [2.05, 4.69) is 15.4 Å². The second kappa shape index (κ2) is 3.57. The third-order valence-electron chi connectivity index (χ3n) is 2.56. The van der Waals surface area contributed by atoms with Crippen molar-refractivity contribution in [3.8, 4) is 0 Å². The Morgan fingerprint density at radius 3 is 3.12 bits per heavy atom. The first kappa shape index (κ1) is 9.29. The van der Waals surface area contributed by atoms with E-state index in [0.717, 1.165) is 12.2 Å². The van der Waals surface area contributed by atoms with Crippen molar-refractivity contribution in [3.63, 3.8) is 0 Å². The van der Waals surface area contributed by atoms with Gasteiger partial charge < -0.3 is 5.32 Å². The Labute approximate surface area is 91.9 Å². The Morgan fingerprint density at radius 2 is 2.31 bits per heavy atom. The van der Waals surface area contributed by atoms with Crippen molar-refractivity contribution in [2.75, 3.05) is 24.5 Å². The molecule has 0 aromatic carbocycles. The summed E-state index contributed by atoms with van der Waals surface area (Å²) >= 11 is 0. The lowest BCUT2D eigenvalue weighted by Crippen LogP contribution is -2.48. The Balaban J connectivity index is 2.01. The number of aromatic nitrogens is 3. The Bertz CT molecular complexity index is 502. The summed E-state index contributed by atoms with van der Waals surface area (Å²) in [4.78, 5) is 17.6. The highest BCUT2D eigenvalue weighted by molar-refractivity contribution is 5.94. The van der Waals surface area contributed by atoms with Gasteiger partial charge in [-0.3, -0.25) is 9.69 Å². The first-order chi connectivity index (χ1) is 7.84. The van der Waals surface area contributed by atoms with Gasteiger partial charge in [-0.25, -0.2) is 4.52 Å². The van der Waals surface area contributed by atoms with Gasteiger partial charge in [-0.15, -0.1) is 5.10 Å². The number of nitrogens with one attached hydrogen (secondary N) is 1. The van der Waals surface area contributed by atoms with E-state index in [4.69, 9.17) is 0 Å². The standard InChI is InChI=1S/C10H11N5O/c16-9-7-11-4-6-14(9)10-12-8-3-1-2-5-15(8)13-10/h1-3,5,11H,4,6-7H2. The molecule has 82 valence electrons. The molecule has 6 nitrogen and oxygen atoms in total. The van der Waals surface area contributed by atoms with E-state index in [9.17, 15) is 4.79 Å². The molecule has 1 fully saturated rings. The number of piperazine rings is 1. The van der Waals surface area contributed by atoms with Crippen LogP contribution in [0.25, 0.3) is 5.65 Å². The number of carbonyl (C=O) groups is 1. The molecule has 3 rings (SSSR count). The first-order valence-corrected chi connectivity index (χ1v) is 5.17. The largest absolute Gasteiger partial charge is 0.307 e. The molecular formula is C10H11N5O. The maximum absolute atomic E-state index is 11.6. The zero-order valence-electron chi connectivity index (χ0n) is 8.63. The number of hydrogen-bond acceptors (Lipinski definition) is 4. The lowest BCUT2D eigenvalue weighted by atomic mass is 10.4. The minimum absolute atomic E-state index is 0.0159. The number of hydrogen-bond donors (Lipinski definition) is 1. The summed E-state index contributed by atoms with van der Waals surface area (Å²) in [6, 6.07) is 5.64. The van der Waals surface area contributed by atoms with Crippen LogP contribution in [-0.2, 0) is 4.79 Å². The molecule has 16 heavy (non-hydrogen) atoms. The number of anilines is 1. The predicted octanol–water partition coefficient (Wildman–Crippen LogP) is -0.335. The van der Waals surface area contributed by atoms with E-state index in [1.165, 1.54) is 0 Å². The van der Waals surface area contributed by atoms with Crippen LogP contribution < -0.4 is 10.2 Å². The number of fused-ring (bicyclic) bond motifs is 1. The fourth-order valence-corrected chi connectivity index (χ4v) is 1.75. The van der Waals surface area contributed by atoms with Crippen LogP contribution in [0, 0.1) is 0 Å². The van der Waals surface area contributed by atoms with E-state index in [1.807, 2.05) is 24.4 Å². The van der Waals surface area contributed by atoms with Crippen molar-refractivity contribution in [1.29, 1.82) is 0 Å². The fourth-order valence-electron chi connectivity index (χ4n) is 1.75. The fraction of sp³-hybridized carbons (Fsp3) is 0.300. The molecule has 1 aliphatic heterocycles. The molecule has 1 N–H and O–H groups in total. The monoisotopic (exact) mass is 217 g/mol. The van der Waals surface area contributed by atoms with Crippen LogP contribution in [0.15, 0.2) is 24.4 Å². The summed E-state index contributed by atoms with van der Waals surface area (Å²) in [6.07, 6.45) is 1.82. The van der Waals surface area contributed by atoms with Gasteiger partial charge in [-0.05, 0) is 12.1 Å². The molecule has 2 aromatic heterocycles. The van der Waals surface area contributed by atoms with Crippen LogP contribution in [0.4, 0.5) is 5.95 Å². The maximum atomic E-state index is 11.6. The van der Waals surface area contributed by atoms with Crippen molar-refractivity contribution in [3.05, 3.63) is 24.4 Å². The topological polar surface area (TPSA) is 62.5 Å². The van der Waals surface area contributed by atoms with Gasteiger partial charge >= 0.3 is 0 Å². The van der Waals surface area contributed by atoms with E-state index >= 15 is 0 Å². The first-order valence-electron chi connectivity index (χ1n) is 5.17. The normalized spacial score (nSPS) is 17.0. The SMILES string of the molecule is O=C1CNCCN1c1nc2ccccn2n1. The molecule has 0 saturated carbocycles. The molecular weight excluding hydrogens is 206 g/mol. The zero-order chi connectivity index (χ0) is 11.0. The summed E-state index contributed by atoms with van der Waals surface area (Å²) in [6.45, 7) is 1.76. The molecule has 1 amide bonds. The van der Waals surface area contributed by atoms with Crippen molar-refractivity contribution in [1.82, 2.24) is 19.9 Å². The van der Waals surface area contributed by atoms with Gasteiger partial charge in [0, 0.05) is 19.3 Å². The average Bonchev–Trinajstić information content (AvgIpc) is 2.73. The number of rotatable bonds is 1. The van der Waals surface area contributed by atoms with Crippen molar-refractivity contribution < 1.29 is 4.79 Å². The van der Waals surface area contributed by atoms with Crippen LogP contribution in [0.2, 0.25) is 0 Å². The minimum Gasteiger partial charge on any atom is -0.307 e. The second-order valence-electron chi connectivity index (χ2n) is 3.64. The highest BCUT2D eigenvalue weighted by Crippen LogP contribution is 2.11. The third kappa shape index (κ3) is 1.43. The predicted molar refractivity (Wildman–Crippen MR) is 58.2 cm³/mol. The van der Waals surface area contributed by atoms with Gasteiger partial charge in [-0.2, -0.15) is 4.98 Å². The molecule has 1 saturated heterocycles. The molecule has 0 atom stereocenters. The summed E-state index contributed by atoms with van der Waals surface area (Å²) in [5.74, 6) is 0.500. The molecule has 1 aliphatic rings. The highest BCUT2D eigenvalue weighted by atomic mass is 16.2. The van der Waals surface area contributed by atoms with Gasteiger partial charge in [0.05, 0.1) is 6.54 Å².